The SMILES string of the molecule is CC(=O)NC1CCCN(S(=O)(=O)c2ccsc2C(=O)O)C1. The van der Waals surface area contributed by atoms with E-state index in [1.165, 1.54) is 22.7 Å². The zero-order valence-corrected chi connectivity index (χ0v) is 13.0. The van der Waals surface area contributed by atoms with Gasteiger partial charge in [-0.05, 0) is 24.3 Å². The van der Waals surface area contributed by atoms with E-state index >= 15 is 0 Å². The van der Waals surface area contributed by atoms with Gasteiger partial charge in [-0.15, -0.1) is 11.3 Å². The van der Waals surface area contributed by atoms with Gasteiger partial charge in [-0.25, -0.2) is 13.2 Å². The van der Waals surface area contributed by atoms with E-state index in [1.807, 2.05) is 0 Å². The molecule has 7 nitrogen and oxygen atoms in total. The lowest BCUT2D eigenvalue weighted by Crippen LogP contribution is -2.49. The van der Waals surface area contributed by atoms with Crippen LogP contribution in [0.15, 0.2) is 16.3 Å². The quantitative estimate of drug-likeness (QED) is 0.846. The van der Waals surface area contributed by atoms with Gasteiger partial charge in [0.05, 0.1) is 0 Å². The zero-order chi connectivity index (χ0) is 15.6. The third kappa shape index (κ3) is 3.42. The van der Waals surface area contributed by atoms with Gasteiger partial charge in [-0.2, -0.15) is 4.31 Å². The van der Waals surface area contributed by atoms with E-state index in [-0.39, 0.29) is 28.3 Å². The summed E-state index contributed by atoms with van der Waals surface area (Å²) in [6.07, 6.45) is 1.33. The monoisotopic (exact) mass is 332 g/mol. The Labute approximate surface area is 126 Å². The molecule has 1 aliphatic rings. The molecular formula is C12H16N2O5S2. The van der Waals surface area contributed by atoms with Crippen LogP contribution in [0.2, 0.25) is 0 Å². The fraction of sp³-hybridized carbons (Fsp3) is 0.500. The van der Waals surface area contributed by atoms with Crippen LogP contribution in [0.1, 0.15) is 29.4 Å². The fourth-order valence-corrected chi connectivity index (χ4v) is 5.12. The molecule has 1 aromatic heterocycles. The minimum absolute atomic E-state index is 0.164. The molecule has 2 rings (SSSR count). The maximum atomic E-state index is 12.6. The Morgan fingerprint density at radius 2 is 2.19 bits per heavy atom. The van der Waals surface area contributed by atoms with Gasteiger partial charge in [0.2, 0.25) is 15.9 Å². The van der Waals surface area contributed by atoms with Crippen LogP contribution in [0, 0.1) is 0 Å². The lowest BCUT2D eigenvalue weighted by Gasteiger charge is -2.32. The Hall–Kier alpha value is -1.45. The van der Waals surface area contributed by atoms with Crippen LogP contribution < -0.4 is 5.32 Å². The molecule has 1 aromatic rings. The highest BCUT2D eigenvalue weighted by molar-refractivity contribution is 7.89. The number of nitrogens with zero attached hydrogens (tertiary/aromatic N) is 1. The van der Waals surface area contributed by atoms with E-state index in [1.54, 1.807) is 0 Å². The fourth-order valence-electron chi connectivity index (χ4n) is 2.36. The van der Waals surface area contributed by atoms with E-state index < -0.39 is 16.0 Å². The minimum atomic E-state index is -3.85. The van der Waals surface area contributed by atoms with E-state index in [0.29, 0.717) is 19.4 Å². The Balaban J connectivity index is 2.24. The van der Waals surface area contributed by atoms with E-state index in [4.69, 9.17) is 5.11 Å². The molecule has 21 heavy (non-hydrogen) atoms. The average Bonchev–Trinajstić information content (AvgIpc) is 2.88. The van der Waals surface area contributed by atoms with Crippen molar-refractivity contribution >= 4 is 33.2 Å². The molecule has 0 bridgehead atoms. The summed E-state index contributed by atoms with van der Waals surface area (Å²) >= 11 is 0.885. The second-order valence-corrected chi connectivity index (χ2v) is 7.64. The number of carbonyl (C=O) groups excluding carboxylic acids is 1. The Morgan fingerprint density at radius 1 is 1.48 bits per heavy atom. The molecule has 1 unspecified atom stereocenters. The van der Waals surface area contributed by atoms with Crippen molar-refractivity contribution in [1.82, 2.24) is 9.62 Å². The Morgan fingerprint density at radius 3 is 2.81 bits per heavy atom. The molecule has 0 aliphatic carbocycles. The van der Waals surface area contributed by atoms with Crippen LogP contribution in [0.25, 0.3) is 0 Å². The summed E-state index contributed by atoms with van der Waals surface area (Å²) in [4.78, 5) is 21.8. The number of carboxylic acid groups (broad SMARTS) is 1. The van der Waals surface area contributed by atoms with Crippen molar-refractivity contribution in [2.45, 2.75) is 30.7 Å². The summed E-state index contributed by atoms with van der Waals surface area (Å²) in [5.74, 6) is -1.46. The van der Waals surface area contributed by atoms with Crippen molar-refractivity contribution < 1.29 is 23.1 Å². The molecule has 1 saturated heterocycles. The number of hydrogen-bond donors (Lipinski definition) is 2. The van der Waals surface area contributed by atoms with Crippen LogP contribution in [-0.2, 0) is 14.8 Å². The number of piperidine rings is 1. The largest absolute Gasteiger partial charge is 0.477 e. The van der Waals surface area contributed by atoms with Gasteiger partial charge in [-0.3, -0.25) is 4.79 Å². The van der Waals surface area contributed by atoms with Crippen LogP contribution in [0.3, 0.4) is 0 Å². The van der Waals surface area contributed by atoms with Gasteiger partial charge in [0.1, 0.15) is 9.77 Å². The molecule has 116 valence electrons. The normalized spacial score (nSPS) is 20.1. The average molecular weight is 332 g/mol. The van der Waals surface area contributed by atoms with Crippen molar-refractivity contribution in [3.8, 4) is 0 Å². The molecule has 1 aliphatic heterocycles. The number of aromatic carboxylic acids is 1. The predicted molar refractivity (Wildman–Crippen MR) is 76.9 cm³/mol. The van der Waals surface area contributed by atoms with Gasteiger partial charge in [0.15, 0.2) is 0 Å². The Bertz CT molecular complexity index is 652. The Kier molecular flexibility index (Phi) is 4.64. The number of rotatable bonds is 4. The van der Waals surface area contributed by atoms with Crippen molar-refractivity contribution in [2.75, 3.05) is 13.1 Å². The lowest BCUT2D eigenvalue weighted by atomic mass is 10.1. The van der Waals surface area contributed by atoms with Crippen molar-refractivity contribution in [2.24, 2.45) is 0 Å². The standard InChI is InChI=1S/C12H16N2O5S2/c1-8(15)13-9-3-2-5-14(7-9)21(18,19)10-4-6-20-11(10)12(16)17/h4,6,9H,2-3,5,7H2,1H3,(H,13,15)(H,16,17). The number of sulfonamides is 1. The molecular weight excluding hydrogens is 316 g/mol. The summed E-state index contributed by atoms with van der Waals surface area (Å²) in [7, 11) is -3.85. The summed E-state index contributed by atoms with van der Waals surface area (Å²) in [5.41, 5.74) is 0. The first-order valence-electron chi connectivity index (χ1n) is 6.40. The molecule has 9 heteroatoms. The third-order valence-electron chi connectivity index (χ3n) is 3.23. The van der Waals surface area contributed by atoms with Crippen LogP contribution in [0.5, 0.6) is 0 Å². The number of amides is 1. The topological polar surface area (TPSA) is 104 Å². The van der Waals surface area contributed by atoms with Crippen molar-refractivity contribution in [3.63, 3.8) is 0 Å². The van der Waals surface area contributed by atoms with Crippen LogP contribution in [-0.4, -0.2) is 48.8 Å². The number of carbonyl (C=O) groups is 2. The van der Waals surface area contributed by atoms with Crippen molar-refractivity contribution in [3.05, 3.63) is 16.3 Å². The molecule has 1 amide bonds. The third-order valence-corrected chi connectivity index (χ3v) is 6.17. The molecule has 1 atom stereocenters. The maximum Gasteiger partial charge on any atom is 0.347 e. The first-order chi connectivity index (χ1) is 9.82. The summed E-state index contributed by atoms with van der Waals surface area (Å²) in [5, 5.41) is 13.2. The maximum absolute atomic E-state index is 12.6. The minimum Gasteiger partial charge on any atom is -0.477 e. The molecule has 2 N–H and O–H groups in total. The second kappa shape index (κ2) is 6.12. The van der Waals surface area contributed by atoms with Crippen LogP contribution >= 0.6 is 11.3 Å². The number of hydrogen-bond acceptors (Lipinski definition) is 5. The molecule has 1 fully saturated rings. The van der Waals surface area contributed by atoms with Gasteiger partial charge in [-0.1, -0.05) is 0 Å². The molecule has 0 saturated carbocycles. The molecule has 0 aromatic carbocycles. The van der Waals surface area contributed by atoms with E-state index in [0.717, 1.165) is 11.3 Å². The smallest absolute Gasteiger partial charge is 0.347 e. The zero-order valence-electron chi connectivity index (χ0n) is 11.4. The second-order valence-electron chi connectivity index (χ2n) is 4.82. The molecule has 2 heterocycles. The van der Waals surface area contributed by atoms with Gasteiger partial charge in [0, 0.05) is 26.1 Å². The molecule has 0 spiro atoms. The van der Waals surface area contributed by atoms with E-state index in [2.05, 4.69) is 5.32 Å². The summed E-state index contributed by atoms with van der Waals surface area (Å²) in [6, 6.07) is 1.07. The van der Waals surface area contributed by atoms with Gasteiger partial charge < -0.3 is 10.4 Å². The number of carboxylic acids is 1. The lowest BCUT2D eigenvalue weighted by molar-refractivity contribution is -0.119. The van der Waals surface area contributed by atoms with Crippen LogP contribution in [0.4, 0.5) is 0 Å². The highest BCUT2D eigenvalue weighted by Crippen LogP contribution is 2.27. The highest BCUT2D eigenvalue weighted by atomic mass is 32.2. The predicted octanol–water partition coefficient (Wildman–Crippen LogP) is 0.736. The first kappa shape index (κ1) is 15.9. The van der Waals surface area contributed by atoms with E-state index in [9.17, 15) is 18.0 Å². The number of nitrogens with one attached hydrogen (secondary N) is 1. The number of thiophene rings is 1. The van der Waals surface area contributed by atoms with Gasteiger partial charge in [0.25, 0.3) is 0 Å². The molecule has 0 radical (unpaired) electrons. The first-order valence-corrected chi connectivity index (χ1v) is 8.72. The summed E-state index contributed by atoms with van der Waals surface area (Å²) in [6.45, 7) is 1.87. The van der Waals surface area contributed by atoms with Gasteiger partial charge >= 0.3 is 5.97 Å². The summed E-state index contributed by atoms with van der Waals surface area (Å²) < 4.78 is 26.4. The highest BCUT2D eigenvalue weighted by Gasteiger charge is 2.33. The van der Waals surface area contributed by atoms with Crippen molar-refractivity contribution in [1.29, 1.82) is 0 Å².